The maximum atomic E-state index is 13.0. The minimum absolute atomic E-state index is 0.0955. The van der Waals surface area contributed by atoms with Crippen LogP contribution in [0.5, 0.6) is 0 Å². The molecule has 8 heteroatoms. The minimum Gasteiger partial charge on any atom is -0.362 e. The standard InChI is InChI=1S/C14H14F3N3O2/c15-14(16,17)10-2-1-3-11-9(10)4-6-19(11)8-12(21)20-7-5-18-13(20)22/h1-3H,4-8H2,(H,18,22). The topological polar surface area (TPSA) is 52.7 Å². The molecule has 0 saturated carbocycles. The van der Waals surface area contributed by atoms with Crippen LogP contribution < -0.4 is 10.2 Å². The van der Waals surface area contributed by atoms with E-state index in [1.54, 1.807) is 11.0 Å². The number of anilines is 1. The van der Waals surface area contributed by atoms with Crippen molar-refractivity contribution < 1.29 is 22.8 Å². The third-order valence-corrected chi connectivity index (χ3v) is 3.91. The zero-order valence-corrected chi connectivity index (χ0v) is 11.6. The van der Waals surface area contributed by atoms with E-state index in [1.807, 2.05) is 0 Å². The number of fused-ring (bicyclic) bond motifs is 1. The van der Waals surface area contributed by atoms with E-state index in [1.165, 1.54) is 6.07 Å². The van der Waals surface area contributed by atoms with Crippen molar-refractivity contribution in [2.24, 2.45) is 0 Å². The molecule has 2 aliphatic rings. The lowest BCUT2D eigenvalue weighted by Crippen LogP contribution is -2.41. The largest absolute Gasteiger partial charge is 0.416 e. The highest BCUT2D eigenvalue weighted by molar-refractivity contribution is 5.98. The number of halogens is 3. The second-order valence-corrected chi connectivity index (χ2v) is 5.25. The molecular formula is C14H14F3N3O2. The van der Waals surface area contributed by atoms with E-state index in [2.05, 4.69) is 5.32 Å². The first-order chi connectivity index (χ1) is 10.4. The number of imide groups is 1. The number of benzene rings is 1. The average molecular weight is 313 g/mol. The number of alkyl halides is 3. The van der Waals surface area contributed by atoms with Crippen LogP contribution in [0.15, 0.2) is 18.2 Å². The normalized spacial score (nSPS) is 17.7. The number of carbonyl (C=O) groups excluding carboxylic acids is 2. The van der Waals surface area contributed by atoms with Gasteiger partial charge in [0.25, 0.3) is 0 Å². The summed E-state index contributed by atoms with van der Waals surface area (Å²) in [6.45, 7) is 0.936. The zero-order valence-electron chi connectivity index (χ0n) is 11.6. The molecule has 0 aromatic heterocycles. The number of amides is 3. The average Bonchev–Trinajstić information content (AvgIpc) is 3.04. The molecule has 0 spiro atoms. The highest BCUT2D eigenvalue weighted by atomic mass is 19.4. The number of nitrogens with zero attached hydrogens (tertiary/aromatic N) is 2. The van der Waals surface area contributed by atoms with E-state index in [0.717, 1.165) is 11.0 Å². The van der Waals surface area contributed by atoms with Crippen molar-refractivity contribution in [3.05, 3.63) is 29.3 Å². The summed E-state index contributed by atoms with van der Waals surface area (Å²) >= 11 is 0. The van der Waals surface area contributed by atoms with Crippen molar-refractivity contribution in [2.45, 2.75) is 12.6 Å². The van der Waals surface area contributed by atoms with E-state index >= 15 is 0 Å². The van der Waals surface area contributed by atoms with Gasteiger partial charge in [0, 0.05) is 25.3 Å². The van der Waals surface area contributed by atoms with Crippen LogP contribution in [-0.4, -0.2) is 43.0 Å². The molecule has 0 atom stereocenters. The van der Waals surface area contributed by atoms with Gasteiger partial charge in [0.05, 0.1) is 12.1 Å². The van der Waals surface area contributed by atoms with Gasteiger partial charge in [-0.1, -0.05) is 6.07 Å². The molecule has 118 valence electrons. The first kappa shape index (κ1) is 14.7. The van der Waals surface area contributed by atoms with Crippen molar-refractivity contribution in [3.63, 3.8) is 0 Å². The molecule has 3 amide bonds. The van der Waals surface area contributed by atoms with Gasteiger partial charge < -0.3 is 10.2 Å². The first-order valence-electron chi connectivity index (χ1n) is 6.90. The number of carbonyl (C=O) groups is 2. The van der Waals surface area contributed by atoms with Gasteiger partial charge in [-0.3, -0.25) is 9.69 Å². The van der Waals surface area contributed by atoms with E-state index < -0.39 is 23.7 Å². The summed E-state index contributed by atoms with van der Waals surface area (Å²) in [5, 5.41) is 2.52. The summed E-state index contributed by atoms with van der Waals surface area (Å²) in [4.78, 5) is 26.2. The lowest BCUT2D eigenvalue weighted by molar-refractivity contribution is -0.138. The van der Waals surface area contributed by atoms with Crippen molar-refractivity contribution >= 4 is 17.6 Å². The SMILES string of the molecule is O=C(CN1CCc2c1cccc2C(F)(F)F)N1CCNC1=O. The van der Waals surface area contributed by atoms with Gasteiger partial charge in [-0.2, -0.15) is 13.2 Å². The quantitative estimate of drug-likeness (QED) is 0.903. The predicted octanol–water partition coefficient (Wildman–Crippen LogP) is 1.62. The molecule has 0 bridgehead atoms. The summed E-state index contributed by atoms with van der Waals surface area (Å²) in [6, 6.07) is 3.52. The van der Waals surface area contributed by atoms with Crippen LogP contribution in [-0.2, 0) is 17.4 Å². The summed E-state index contributed by atoms with van der Waals surface area (Å²) < 4.78 is 38.9. The lowest BCUT2D eigenvalue weighted by atomic mass is 10.0. The number of nitrogens with one attached hydrogen (secondary N) is 1. The monoisotopic (exact) mass is 313 g/mol. The highest BCUT2D eigenvalue weighted by Crippen LogP contribution is 2.39. The molecule has 0 unspecified atom stereocenters. The summed E-state index contributed by atoms with van der Waals surface area (Å²) in [5.41, 5.74) is -0.0182. The molecule has 0 aliphatic carbocycles. The second kappa shape index (κ2) is 5.19. The maximum Gasteiger partial charge on any atom is 0.416 e. The van der Waals surface area contributed by atoms with Crippen LogP contribution in [0.1, 0.15) is 11.1 Å². The number of hydrogen-bond donors (Lipinski definition) is 1. The van der Waals surface area contributed by atoms with Crippen molar-refractivity contribution in [1.82, 2.24) is 10.2 Å². The van der Waals surface area contributed by atoms with Gasteiger partial charge in [-0.05, 0) is 24.1 Å². The molecule has 2 aliphatic heterocycles. The van der Waals surface area contributed by atoms with E-state index in [-0.39, 0.29) is 18.5 Å². The predicted molar refractivity (Wildman–Crippen MR) is 72.5 cm³/mol. The number of rotatable bonds is 2. The Hall–Kier alpha value is -2.25. The first-order valence-corrected chi connectivity index (χ1v) is 6.90. The Bertz CT molecular complexity index is 630. The van der Waals surface area contributed by atoms with Gasteiger partial charge in [-0.25, -0.2) is 4.79 Å². The van der Waals surface area contributed by atoms with E-state index in [0.29, 0.717) is 25.3 Å². The molecular weight excluding hydrogens is 299 g/mol. The molecule has 0 radical (unpaired) electrons. The molecule has 1 aromatic carbocycles. The third kappa shape index (κ3) is 2.49. The summed E-state index contributed by atoms with van der Waals surface area (Å²) in [7, 11) is 0. The van der Waals surface area contributed by atoms with E-state index in [4.69, 9.17) is 0 Å². The summed E-state index contributed by atoms with van der Waals surface area (Å²) in [5.74, 6) is -0.403. The van der Waals surface area contributed by atoms with Crippen LogP contribution in [0, 0.1) is 0 Å². The molecule has 2 heterocycles. The van der Waals surface area contributed by atoms with Crippen LogP contribution in [0.2, 0.25) is 0 Å². The van der Waals surface area contributed by atoms with Crippen LogP contribution in [0.3, 0.4) is 0 Å². The van der Waals surface area contributed by atoms with Crippen LogP contribution >= 0.6 is 0 Å². The number of urea groups is 1. The minimum atomic E-state index is -4.40. The molecule has 22 heavy (non-hydrogen) atoms. The Kier molecular flexibility index (Phi) is 3.46. The Morgan fingerprint density at radius 2 is 2.05 bits per heavy atom. The fourth-order valence-electron chi connectivity index (χ4n) is 2.89. The van der Waals surface area contributed by atoms with E-state index in [9.17, 15) is 22.8 Å². The Labute approximate surface area is 124 Å². The highest BCUT2D eigenvalue weighted by Gasteiger charge is 2.37. The van der Waals surface area contributed by atoms with Crippen molar-refractivity contribution in [1.29, 1.82) is 0 Å². The summed E-state index contributed by atoms with van der Waals surface area (Å²) in [6.07, 6.45) is -4.16. The maximum absolute atomic E-state index is 13.0. The van der Waals surface area contributed by atoms with Crippen LogP contribution in [0.4, 0.5) is 23.7 Å². The zero-order chi connectivity index (χ0) is 15.9. The van der Waals surface area contributed by atoms with Crippen molar-refractivity contribution in [3.8, 4) is 0 Å². The van der Waals surface area contributed by atoms with Gasteiger partial charge >= 0.3 is 12.2 Å². The van der Waals surface area contributed by atoms with Crippen LogP contribution in [0.25, 0.3) is 0 Å². The lowest BCUT2D eigenvalue weighted by Gasteiger charge is -2.22. The Balaban J connectivity index is 1.80. The molecule has 1 N–H and O–H groups in total. The van der Waals surface area contributed by atoms with Gasteiger partial charge in [-0.15, -0.1) is 0 Å². The Morgan fingerprint density at radius 3 is 2.68 bits per heavy atom. The fourth-order valence-corrected chi connectivity index (χ4v) is 2.89. The van der Waals surface area contributed by atoms with Crippen molar-refractivity contribution in [2.75, 3.05) is 31.1 Å². The van der Waals surface area contributed by atoms with Gasteiger partial charge in [0.2, 0.25) is 5.91 Å². The molecule has 3 rings (SSSR count). The Morgan fingerprint density at radius 1 is 1.27 bits per heavy atom. The second-order valence-electron chi connectivity index (χ2n) is 5.25. The molecule has 1 fully saturated rings. The van der Waals surface area contributed by atoms with Gasteiger partial charge in [0.15, 0.2) is 0 Å². The van der Waals surface area contributed by atoms with Gasteiger partial charge in [0.1, 0.15) is 0 Å². The molecule has 1 saturated heterocycles. The third-order valence-electron chi connectivity index (χ3n) is 3.91. The molecule has 5 nitrogen and oxygen atoms in total. The number of hydrogen-bond acceptors (Lipinski definition) is 3. The fraction of sp³-hybridized carbons (Fsp3) is 0.429. The molecule has 1 aromatic rings. The smallest absolute Gasteiger partial charge is 0.362 e.